The molecule has 1 N–H and O–H groups in total. The van der Waals surface area contributed by atoms with Crippen molar-refractivity contribution in [2.24, 2.45) is 10.4 Å². The van der Waals surface area contributed by atoms with Crippen molar-refractivity contribution in [3.05, 3.63) is 35.7 Å². The number of hydrogen-bond donors (Lipinski definition) is 1. The standard InChI is InChI=1S/C28H43N3O4/c1-8-9-16-34-28(24(25(32)33)35-26(3,4)5)11-10-22(30-19-28)21-18-29-20(2)17-23(21)31-14-12-27(6,7)13-15-31/h10-11,17-19,22,24H,8-9,12-16H2,1-7H3,(H,32,33). The topological polar surface area (TPSA) is 84.2 Å². The van der Waals surface area contributed by atoms with Gasteiger partial charge in [0, 0.05) is 49.1 Å². The van der Waals surface area contributed by atoms with Crippen molar-refractivity contribution in [1.29, 1.82) is 0 Å². The average molecular weight is 486 g/mol. The van der Waals surface area contributed by atoms with Crippen molar-refractivity contribution >= 4 is 17.9 Å². The summed E-state index contributed by atoms with van der Waals surface area (Å²) in [5.41, 5.74) is 1.58. The Hall–Kier alpha value is -2.25. The molecule has 0 radical (unpaired) electrons. The third kappa shape index (κ3) is 6.91. The van der Waals surface area contributed by atoms with E-state index in [2.05, 4.69) is 36.7 Å². The molecule has 3 unspecified atom stereocenters. The lowest BCUT2D eigenvalue weighted by Gasteiger charge is -2.40. The maximum Gasteiger partial charge on any atom is 0.336 e. The zero-order valence-corrected chi connectivity index (χ0v) is 22.5. The predicted molar refractivity (Wildman–Crippen MR) is 140 cm³/mol. The summed E-state index contributed by atoms with van der Waals surface area (Å²) < 4.78 is 12.2. The minimum Gasteiger partial charge on any atom is -0.479 e. The number of ether oxygens (including phenoxy) is 2. The number of aliphatic imine (C=N–C) groups is 1. The smallest absolute Gasteiger partial charge is 0.336 e. The highest BCUT2D eigenvalue weighted by Crippen LogP contribution is 2.38. The number of aliphatic carboxylic acids is 1. The third-order valence-electron chi connectivity index (χ3n) is 6.76. The largest absolute Gasteiger partial charge is 0.479 e. The molecule has 0 aliphatic carbocycles. The second-order valence-corrected chi connectivity index (χ2v) is 11.6. The molecule has 3 rings (SSSR count). The number of unbranched alkanes of at least 4 members (excludes halogenated alkanes) is 1. The number of carbonyl (C=O) groups is 1. The summed E-state index contributed by atoms with van der Waals surface area (Å²) in [6, 6.07) is 1.87. The molecule has 2 aliphatic rings. The quantitative estimate of drug-likeness (QED) is 0.366. The molecule has 0 saturated carbocycles. The summed E-state index contributed by atoms with van der Waals surface area (Å²) in [6.45, 7) is 16.7. The number of carboxylic acid groups (broad SMARTS) is 1. The Labute approximate surface area is 210 Å². The predicted octanol–water partition coefficient (Wildman–Crippen LogP) is 5.52. The molecule has 194 valence electrons. The number of aryl methyl sites for hydroxylation is 1. The number of carboxylic acids is 1. The molecule has 3 atom stereocenters. The van der Waals surface area contributed by atoms with Crippen molar-refractivity contribution < 1.29 is 19.4 Å². The van der Waals surface area contributed by atoms with Gasteiger partial charge in [0.05, 0.1) is 11.6 Å². The van der Waals surface area contributed by atoms with Crippen LogP contribution >= 0.6 is 0 Å². The van der Waals surface area contributed by atoms with Gasteiger partial charge in [0.25, 0.3) is 0 Å². The number of anilines is 1. The lowest BCUT2D eigenvalue weighted by molar-refractivity contribution is -0.179. The van der Waals surface area contributed by atoms with Gasteiger partial charge < -0.3 is 19.5 Å². The molecule has 1 fully saturated rings. The van der Waals surface area contributed by atoms with Gasteiger partial charge in [0.15, 0.2) is 11.7 Å². The van der Waals surface area contributed by atoms with Crippen LogP contribution in [0.4, 0.5) is 5.69 Å². The van der Waals surface area contributed by atoms with E-state index in [0.717, 1.165) is 55.7 Å². The summed E-state index contributed by atoms with van der Waals surface area (Å²) >= 11 is 0. The van der Waals surface area contributed by atoms with Gasteiger partial charge >= 0.3 is 5.97 Å². The van der Waals surface area contributed by atoms with E-state index in [4.69, 9.17) is 14.5 Å². The van der Waals surface area contributed by atoms with Crippen LogP contribution < -0.4 is 4.90 Å². The van der Waals surface area contributed by atoms with Crippen LogP contribution in [-0.4, -0.2) is 59.3 Å². The van der Waals surface area contributed by atoms with Crippen molar-refractivity contribution in [3.8, 4) is 0 Å². The van der Waals surface area contributed by atoms with E-state index in [1.165, 1.54) is 0 Å². The molecule has 0 bridgehead atoms. The van der Waals surface area contributed by atoms with Crippen LogP contribution in [-0.2, 0) is 14.3 Å². The van der Waals surface area contributed by atoms with Crippen LogP contribution in [0.3, 0.4) is 0 Å². The Balaban J connectivity index is 1.92. The molecule has 0 amide bonds. The molecule has 7 heteroatoms. The molecule has 0 aromatic carbocycles. The first-order valence-electron chi connectivity index (χ1n) is 12.9. The third-order valence-corrected chi connectivity index (χ3v) is 6.76. The first kappa shape index (κ1) is 27.3. The van der Waals surface area contributed by atoms with Gasteiger partial charge in [-0.15, -0.1) is 0 Å². The van der Waals surface area contributed by atoms with E-state index in [1.807, 2.05) is 46.0 Å². The lowest BCUT2D eigenvalue weighted by atomic mass is 9.82. The number of rotatable bonds is 9. The van der Waals surface area contributed by atoms with Gasteiger partial charge in [-0.05, 0) is 64.5 Å². The first-order chi connectivity index (χ1) is 16.4. The van der Waals surface area contributed by atoms with Crippen LogP contribution in [0.15, 0.2) is 29.4 Å². The fourth-order valence-corrected chi connectivity index (χ4v) is 4.52. The molecular weight excluding hydrogens is 442 g/mol. The van der Waals surface area contributed by atoms with Crippen molar-refractivity contribution in [2.45, 2.75) is 97.5 Å². The summed E-state index contributed by atoms with van der Waals surface area (Å²) in [5.74, 6) is -1.07. The van der Waals surface area contributed by atoms with Gasteiger partial charge in [-0.25, -0.2) is 4.79 Å². The zero-order chi connectivity index (χ0) is 25.9. The van der Waals surface area contributed by atoms with Gasteiger partial charge in [0.2, 0.25) is 0 Å². The van der Waals surface area contributed by atoms with E-state index >= 15 is 0 Å². The fourth-order valence-electron chi connectivity index (χ4n) is 4.52. The van der Waals surface area contributed by atoms with E-state index < -0.39 is 23.3 Å². The number of piperidine rings is 1. The molecular formula is C28H43N3O4. The van der Waals surface area contributed by atoms with Crippen LogP contribution in [0.5, 0.6) is 0 Å². The highest BCUT2D eigenvalue weighted by atomic mass is 16.6. The summed E-state index contributed by atoms with van der Waals surface area (Å²) in [7, 11) is 0. The Morgan fingerprint density at radius 1 is 1.29 bits per heavy atom. The van der Waals surface area contributed by atoms with Crippen LogP contribution in [0.25, 0.3) is 0 Å². The number of nitrogens with zero attached hydrogens (tertiary/aromatic N) is 3. The van der Waals surface area contributed by atoms with Crippen molar-refractivity contribution in [1.82, 2.24) is 4.98 Å². The van der Waals surface area contributed by atoms with E-state index in [9.17, 15) is 9.90 Å². The minimum atomic E-state index is -1.27. The summed E-state index contributed by atoms with van der Waals surface area (Å²) in [6.07, 6.45) is 10.1. The van der Waals surface area contributed by atoms with Crippen molar-refractivity contribution in [2.75, 3.05) is 24.6 Å². The van der Waals surface area contributed by atoms with E-state index in [0.29, 0.717) is 12.0 Å². The molecule has 2 aliphatic heterocycles. The maximum absolute atomic E-state index is 12.3. The molecule has 35 heavy (non-hydrogen) atoms. The van der Waals surface area contributed by atoms with Crippen LogP contribution in [0, 0.1) is 12.3 Å². The van der Waals surface area contributed by atoms with Crippen LogP contribution in [0.1, 0.15) is 84.5 Å². The Morgan fingerprint density at radius 2 is 1.97 bits per heavy atom. The maximum atomic E-state index is 12.3. The van der Waals surface area contributed by atoms with Gasteiger partial charge in [-0.1, -0.05) is 33.3 Å². The van der Waals surface area contributed by atoms with E-state index in [-0.39, 0.29) is 6.04 Å². The monoisotopic (exact) mass is 485 g/mol. The molecule has 1 aromatic rings. The van der Waals surface area contributed by atoms with Gasteiger partial charge in [-0.2, -0.15) is 0 Å². The molecule has 3 heterocycles. The zero-order valence-electron chi connectivity index (χ0n) is 22.5. The number of hydrogen-bond acceptors (Lipinski definition) is 6. The molecule has 1 aromatic heterocycles. The number of dihydropyridines is 1. The van der Waals surface area contributed by atoms with Gasteiger partial charge in [-0.3, -0.25) is 9.98 Å². The molecule has 7 nitrogen and oxygen atoms in total. The van der Waals surface area contributed by atoms with Crippen LogP contribution in [0.2, 0.25) is 0 Å². The molecule has 1 saturated heterocycles. The summed E-state index contributed by atoms with van der Waals surface area (Å²) in [5, 5.41) is 10.1. The summed E-state index contributed by atoms with van der Waals surface area (Å²) in [4.78, 5) is 24.1. The Bertz CT molecular complexity index is 924. The average Bonchev–Trinajstić information content (AvgIpc) is 2.77. The highest BCUT2D eigenvalue weighted by Gasteiger charge is 2.46. The SMILES string of the molecule is CCCCOC1(C(OC(C)(C)C)C(=O)O)C=CC(c2cnc(C)cc2N2CCC(C)(C)CC2)N=C1. The Kier molecular flexibility index (Phi) is 8.43. The number of pyridine rings is 1. The fraction of sp³-hybridized carbons (Fsp3) is 0.679. The Morgan fingerprint density at radius 3 is 2.51 bits per heavy atom. The van der Waals surface area contributed by atoms with Crippen molar-refractivity contribution in [3.63, 3.8) is 0 Å². The lowest BCUT2D eigenvalue weighted by Crippen LogP contribution is -2.54. The number of aromatic nitrogens is 1. The molecule has 0 spiro atoms. The normalized spacial score (nSPS) is 25.0. The van der Waals surface area contributed by atoms with Gasteiger partial charge in [0.1, 0.15) is 0 Å². The van der Waals surface area contributed by atoms with E-state index in [1.54, 1.807) is 6.21 Å². The first-order valence-corrected chi connectivity index (χ1v) is 12.9. The second-order valence-electron chi connectivity index (χ2n) is 11.6. The highest BCUT2D eigenvalue weighted by molar-refractivity contribution is 5.86. The second kappa shape index (κ2) is 10.8. The minimum absolute atomic E-state index is 0.264.